The first-order valence-electron chi connectivity index (χ1n) is 6.03. The molecule has 1 aliphatic heterocycles. The van der Waals surface area contributed by atoms with E-state index < -0.39 is 29.3 Å². The van der Waals surface area contributed by atoms with Gasteiger partial charge in [-0.25, -0.2) is 0 Å². The molecule has 0 amide bonds. The van der Waals surface area contributed by atoms with Crippen LogP contribution in [-0.2, 0) is 0 Å². The third kappa shape index (κ3) is 2.97. The van der Waals surface area contributed by atoms with Gasteiger partial charge >= 0.3 is 0 Å². The molecule has 2 rings (SSSR count). The lowest BCUT2D eigenvalue weighted by molar-refractivity contribution is 0.118. The van der Waals surface area contributed by atoms with Crippen LogP contribution < -0.4 is 4.74 Å². The molecule has 19 heavy (non-hydrogen) atoms. The number of likely N-dealkylation sites (tertiary alicyclic amines) is 1. The van der Waals surface area contributed by atoms with Gasteiger partial charge in [0.1, 0.15) is 6.61 Å². The van der Waals surface area contributed by atoms with Crippen LogP contribution in [0.2, 0.25) is 0 Å². The highest BCUT2D eigenvalue weighted by Gasteiger charge is 2.25. The van der Waals surface area contributed by atoms with Crippen LogP contribution in [0, 0.1) is 23.5 Å². The molecule has 0 spiro atoms. The van der Waals surface area contributed by atoms with Crippen molar-refractivity contribution in [2.24, 2.45) is 0 Å². The number of hydrogen-bond acceptors (Lipinski definition) is 3. The second-order valence-electron chi connectivity index (χ2n) is 4.59. The highest BCUT2D eigenvalue weighted by Crippen LogP contribution is 2.25. The molecule has 1 saturated heterocycles. The SMILES string of the molecule is CN1CCCCC1COc1c(F)c(F)nc(F)c1F. The molecule has 7 heteroatoms. The van der Waals surface area contributed by atoms with Gasteiger partial charge in [-0.2, -0.15) is 22.5 Å². The van der Waals surface area contributed by atoms with E-state index in [2.05, 4.69) is 4.98 Å². The Labute approximate surface area is 108 Å². The maximum atomic E-state index is 13.3. The van der Waals surface area contributed by atoms with Crippen molar-refractivity contribution in [2.75, 3.05) is 20.2 Å². The molecule has 1 fully saturated rings. The van der Waals surface area contributed by atoms with Crippen LogP contribution in [0.25, 0.3) is 0 Å². The Morgan fingerprint density at radius 1 is 1.16 bits per heavy atom. The second kappa shape index (κ2) is 5.73. The average molecular weight is 278 g/mol. The minimum atomic E-state index is -1.70. The van der Waals surface area contributed by atoms with E-state index in [0.29, 0.717) is 0 Å². The maximum Gasteiger partial charge on any atom is 0.255 e. The fraction of sp³-hybridized carbons (Fsp3) is 0.583. The summed E-state index contributed by atoms with van der Waals surface area (Å²) in [4.78, 5) is 4.46. The first kappa shape index (κ1) is 14.0. The van der Waals surface area contributed by atoms with Crippen molar-refractivity contribution < 1.29 is 22.3 Å². The Balaban J connectivity index is 2.11. The number of ether oxygens (including phenoxy) is 1. The van der Waals surface area contributed by atoms with Crippen molar-refractivity contribution in [2.45, 2.75) is 25.3 Å². The molecular formula is C12H14F4N2O. The predicted octanol–water partition coefficient (Wildman–Crippen LogP) is 2.50. The molecule has 0 N–H and O–H groups in total. The van der Waals surface area contributed by atoms with Crippen molar-refractivity contribution in [3.63, 3.8) is 0 Å². The molecule has 0 aromatic carbocycles. The monoisotopic (exact) mass is 278 g/mol. The molecule has 2 heterocycles. The zero-order chi connectivity index (χ0) is 14.0. The molecule has 0 radical (unpaired) electrons. The molecule has 0 bridgehead atoms. The van der Waals surface area contributed by atoms with Gasteiger partial charge in [0, 0.05) is 6.04 Å². The zero-order valence-electron chi connectivity index (χ0n) is 10.4. The van der Waals surface area contributed by atoms with Crippen LogP contribution in [0.1, 0.15) is 19.3 Å². The molecule has 0 saturated carbocycles. The van der Waals surface area contributed by atoms with Gasteiger partial charge in [0.25, 0.3) is 11.9 Å². The number of likely N-dealkylation sites (N-methyl/N-ethyl adjacent to an activating group) is 1. The van der Waals surface area contributed by atoms with E-state index in [1.54, 1.807) is 0 Å². The number of halogens is 4. The lowest BCUT2D eigenvalue weighted by atomic mass is 10.0. The lowest BCUT2D eigenvalue weighted by Gasteiger charge is -2.32. The van der Waals surface area contributed by atoms with E-state index in [4.69, 9.17) is 4.74 Å². The van der Waals surface area contributed by atoms with Crippen LogP contribution in [0.3, 0.4) is 0 Å². The number of pyridine rings is 1. The van der Waals surface area contributed by atoms with E-state index in [9.17, 15) is 17.6 Å². The van der Waals surface area contributed by atoms with Crippen LogP contribution >= 0.6 is 0 Å². The summed E-state index contributed by atoms with van der Waals surface area (Å²) in [6, 6.07) is -0.0214. The van der Waals surface area contributed by atoms with Crippen molar-refractivity contribution in [3.05, 3.63) is 23.5 Å². The van der Waals surface area contributed by atoms with E-state index in [1.165, 1.54) is 0 Å². The standard InChI is InChI=1S/C12H14F4N2O/c1-18-5-3-2-4-7(18)6-19-10-8(13)11(15)17-12(16)9(10)14/h7H,2-6H2,1H3. The van der Waals surface area contributed by atoms with Gasteiger partial charge in [-0.3, -0.25) is 0 Å². The maximum absolute atomic E-state index is 13.3. The van der Waals surface area contributed by atoms with Gasteiger partial charge in [-0.05, 0) is 26.4 Å². The van der Waals surface area contributed by atoms with Gasteiger partial charge < -0.3 is 9.64 Å². The summed E-state index contributed by atoms with van der Waals surface area (Å²) in [6.45, 7) is 0.839. The molecule has 1 aromatic rings. The Hall–Kier alpha value is -1.37. The molecule has 0 aliphatic carbocycles. The van der Waals surface area contributed by atoms with Crippen LogP contribution in [-0.4, -0.2) is 36.1 Å². The number of nitrogens with zero attached hydrogens (tertiary/aromatic N) is 2. The third-order valence-electron chi connectivity index (χ3n) is 3.30. The third-order valence-corrected chi connectivity index (χ3v) is 3.30. The fourth-order valence-corrected chi connectivity index (χ4v) is 2.13. The summed E-state index contributed by atoms with van der Waals surface area (Å²) in [7, 11) is 1.87. The molecule has 1 aliphatic rings. The first-order valence-corrected chi connectivity index (χ1v) is 6.03. The highest BCUT2D eigenvalue weighted by atomic mass is 19.2. The van der Waals surface area contributed by atoms with Gasteiger partial charge in [0.2, 0.25) is 11.6 Å². The summed E-state index contributed by atoms with van der Waals surface area (Å²) in [5.74, 6) is -7.64. The summed E-state index contributed by atoms with van der Waals surface area (Å²) >= 11 is 0. The van der Waals surface area contributed by atoms with Crippen molar-refractivity contribution >= 4 is 0 Å². The second-order valence-corrected chi connectivity index (χ2v) is 4.59. The summed E-state index contributed by atoms with van der Waals surface area (Å²) in [5, 5.41) is 0. The van der Waals surface area contributed by atoms with Crippen molar-refractivity contribution in [1.82, 2.24) is 9.88 Å². The normalized spacial score (nSPS) is 20.6. The van der Waals surface area contributed by atoms with Crippen molar-refractivity contribution in [3.8, 4) is 5.75 Å². The Kier molecular flexibility index (Phi) is 4.24. The largest absolute Gasteiger partial charge is 0.486 e. The predicted molar refractivity (Wildman–Crippen MR) is 59.8 cm³/mol. The lowest BCUT2D eigenvalue weighted by Crippen LogP contribution is -2.40. The molecule has 1 atom stereocenters. The summed E-state index contributed by atoms with van der Waals surface area (Å²) in [6.07, 6.45) is 2.85. The minimum Gasteiger partial charge on any atom is -0.486 e. The first-order chi connectivity index (χ1) is 9.00. The zero-order valence-corrected chi connectivity index (χ0v) is 10.4. The minimum absolute atomic E-state index is 0.0206. The number of piperidine rings is 1. The van der Waals surface area contributed by atoms with E-state index in [-0.39, 0.29) is 12.6 Å². The quantitative estimate of drug-likeness (QED) is 0.627. The number of hydrogen-bond donors (Lipinski definition) is 0. The molecule has 1 aromatic heterocycles. The van der Waals surface area contributed by atoms with Gasteiger partial charge in [0.05, 0.1) is 0 Å². The molecule has 1 unspecified atom stereocenters. The Morgan fingerprint density at radius 2 is 1.79 bits per heavy atom. The average Bonchev–Trinajstić information content (AvgIpc) is 2.38. The fourth-order valence-electron chi connectivity index (χ4n) is 2.13. The van der Waals surface area contributed by atoms with E-state index in [1.807, 2.05) is 11.9 Å². The van der Waals surface area contributed by atoms with Crippen molar-refractivity contribution in [1.29, 1.82) is 0 Å². The summed E-state index contributed by atoms with van der Waals surface area (Å²) in [5.41, 5.74) is 0. The molecule has 3 nitrogen and oxygen atoms in total. The summed E-state index contributed by atoms with van der Waals surface area (Å²) < 4.78 is 57.3. The Bertz CT molecular complexity index is 443. The van der Waals surface area contributed by atoms with Gasteiger partial charge in [-0.1, -0.05) is 6.42 Å². The topological polar surface area (TPSA) is 25.4 Å². The molecular weight excluding hydrogens is 264 g/mol. The Morgan fingerprint density at radius 3 is 2.37 bits per heavy atom. The molecule has 106 valence electrons. The highest BCUT2D eigenvalue weighted by molar-refractivity contribution is 5.24. The number of aromatic nitrogens is 1. The number of rotatable bonds is 3. The van der Waals surface area contributed by atoms with E-state index >= 15 is 0 Å². The van der Waals surface area contributed by atoms with Crippen LogP contribution in [0.15, 0.2) is 0 Å². The van der Waals surface area contributed by atoms with Gasteiger partial charge in [0.15, 0.2) is 5.75 Å². The van der Waals surface area contributed by atoms with E-state index in [0.717, 1.165) is 25.8 Å². The van der Waals surface area contributed by atoms with Gasteiger partial charge in [-0.15, -0.1) is 0 Å². The smallest absolute Gasteiger partial charge is 0.255 e. The van der Waals surface area contributed by atoms with Crippen LogP contribution in [0.4, 0.5) is 17.6 Å². The van der Waals surface area contributed by atoms with Crippen LogP contribution in [0.5, 0.6) is 5.75 Å².